The number of para-hydroxylation sites is 1. The van der Waals surface area contributed by atoms with Crippen LogP contribution in [0.15, 0.2) is 54.2 Å². The van der Waals surface area contributed by atoms with Crippen LogP contribution >= 0.6 is 0 Å². The van der Waals surface area contributed by atoms with Crippen molar-refractivity contribution in [3.8, 4) is 0 Å². The summed E-state index contributed by atoms with van der Waals surface area (Å²) < 4.78 is 2.34. The minimum atomic E-state index is 0.780. The average Bonchev–Trinajstić information content (AvgIpc) is 2.65. The molecule has 0 aliphatic heterocycles. The summed E-state index contributed by atoms with van der Waals surface area (Å²) in [5.41, 5.74) is 4.86. The first-order valence-electron chi connectivity index (χ1n) is 9.05. The van der Waals surface area contributed by atoms with Gasteiger partial charge in [-0.1, -0.05) is 49.7 Å². The van der Waals surface area contributed by atoms with Crippen LogP contribution in [0.3, 0.4) is 0 Å². The van der Waals surface area contributed by atoms with Gasteiger partial charge in [-0.25, -0.2) is 0 Å². The summed E-state index contributed by atoms with van der Waals surface area (Å²) >= 11 is 0. The van der Waals surface area contributed by atoms with Gasteiger partial charge in [0.15, 0.2) is 6.54 Å². The summed E-state index contributed by atoms with van der Waals surface area (Å²) in [6.45, 7) is 9.09. The van der Waals surface area contributed by atoms with Crippen molar-refractivity contribution in [3.63, 3.8) is 0 Å². The van der Waals surface area contributed by atoms with E-state index >= 15 is 0 Å². The van der Waals surface area contributed by atoms with E-state index in [9.17, 15) is 0 Å². The summed E-state index contributed by atoms with van der Waals surface area (Å²) in [6, 6.07) is 10.6. The molecule has 2 aromatic rings. The Bertz CT molecular complexity index is 775. The van der Waals surface area contributed by atoms with Crippen LogP contribution in [0.25, 0.3) is 16.5 Å². The monoisotopic (exact) mass is 337 g/mol. The largest absolute Gasteiger partial charge is 0.399 e. The van der Waals surface area contributed by atoms with Gasteiger partial charge in [0.25, 0.3) is 0 Å². The number of rotatable bonds is 9. The lowest BCUT2D eigenvalue weighted by Crippen LogP contribution is -2.38. The van der Waals surface area contributed by atoms with Gasteiger partial charge in [0.2, 0.25) is 11.2 Å². The number of fused-ring (bicyclic) bond motifs is 1. The summed E-state index contributed by atoms with van der Waals surface area (Å²) in [5.74, 6) is 0. The summed E-state index contributed by atoms with van der Waals surface area (Å²) in [6.07, 6.45) is 10.8. The molecule has 132 valence electrons. The van der Waals surface area contributed by atoms with Crippen LogP contribution < -0.4 is 4.57 Å². The van der Waals surface area contributed by atoms with Crippen molar-refractivity contribution in [3.05, 3.63) is 60.3 Å². The molecule has 0 bridgehead atoms. The van der Waals surface area contributed by atoms with E-state index < -0.39 is 0 Å². The molecule has 0 N–H and O–H groups in total. The third kappa shape index (κ3) is 4.56. The second-order valence-corrected chi connectivity index (χ2v) is 6.09. The Kier molecular flexibility index (Phi) is 7.39. The molecular weight excluding hydrogens is 308 g/mol. The zero-order valence-electron chi connectivity index (χ0n) is 15.7. The predicted molar refractivity (Wildman–Crippen MR) is 107 cm³/mol. The van der Waals surface area contributed by atoms with E-state index in [0.29, 0.717) is 0 Å². The van der Waals surface area contributed by atoms with Gasteiger partial charge in [-0.2, -0.15) is 4.57 Å². The number of aromatic nitrogens is 1. The summed E-state index contributed by atoms with van der Waals surface area (Å²) in [5, 5.41) is 5.16. The molecule has 0 radical (unpaired) electrons. The number of nitrogens with zero attached hydrogens (tertiary/aromatic N) is 2. The number of allylic oxidation sites excluding steroid dienone is 3. The van der Waals surface area contributed by atoms with E-state index in [4.69, 9.17) is 4.84 Å². The highest BCUT2D eigenvalue weighted by Gasteiger charge is 2.20. The van der Waals surface area contributed by atoms with Crippen LogP contribution in [-0.2, 0) is 11.4 Å². The molecule has 0 atom stereocenters. The summed E-state index contributed by atoms with van der Waals surface area (Å²) in [4.78, 5) is 4.91. The van der Waals surface area contributed by atoms with Gasteiger partial charge in [0, 0.05) is 23.3 Å². The maximum atomic E-state index is 4.91. The van der Waals surface area contributed by atoms with Crippen molar-refractivity contribution in [2.75, 3.05) is 7.11 Å². The highest BCUT2D eigenvalue weighted by Crippen LogP contribution is 2.24. The maximum absolute atomic E-state index is 4.91. The Balaban J connectivity index is 2.65. The fourth-order valence-corrected chi connectivity index (χ4v) is 3.18. The van der Waals surface area contributed by atoms with E-state index in [1.807, 2.05) is 6.08 Å². The highest BCUT2D eigenvalue weighted by molar-refractivity contribution is 5.97. The first kappa shape index (κ1) is 18.9. The van der Waals surface area contributed by atoms with Crippen molar-refractivity contribution < 1.29 is 9.40 Å². The van der Waals surface area contributed by atoms with Gasteiger partial charge in [-0.15, -0.1) is 0 Å². The van der Waals surface area contributed by atoms with Gasteiger partial charge in [-0.3, -0.25) is 0 Å². The maximum Gasteiger partial charge on any atom is 0.213 e. The molecule has 2 rings (SSSR count). The minimum absolute atomic E-state index is 0.780. The molecule has 1 aromatic carbocycles. The molecule has 1 aromatic heterocycles. The number of hydrogen-bond acceptors (Lipinski definition) is 2. The lowest BCUT2D eigenvalue weighted by Gasteiger charge is -2.11. The average molecular weight is 337 g/mol. The quantitative estimate of drug-likeness (QED) is 0.201. The van der Waals surface area contributed by atoms with Gasteiger partial charge in [-0.05, 0) is 31.9 Å². The Morgan fingerprint density at radius 1 is 1.28 bits per heavy atom. The molecule has 0 saturated heterocycles. The van der Waals surface area contributed by atoms with Crippen LogP contribution in [0.1, 0.15) is 50.8 Å². The molecule has 0 aliphatic carbocycles. The third-order valence-electron chi connectivity index (χ3n) is 4.42. The second kappa shape index (κ2) is 9.77. The molecule has 0 spiro atoms. The van der Waals surface area contributed by atoms with E-state index in [-0.39, 0.29) is 0 Å². The van der Waals surface area contributed by atoms with Crippen molar-refractivity contribution in [2.24, 2.45) is 5.16 Å². The van der Waals surface area contributed by atoms with Crippen molar-refractivity contribution in [1.29, 1.82) is 0 Å². The molecule has 1 heterocycles. The van der Waals surface area contributed by atoms with Crippen LogP contribution in [0.4, 0.5) is 0 Å². The lowest BCUT2D eigenvalue weighted by atomic mass is 9.99. The molecule has 0 saturated carbocycles. The van der Waals surface area contributed by atoms with Crippen molar-refractivity contribution in [2.45, 2.75) is 46.1 Å². The highest BCUT2D eigenvalue weighted by atomic mass is 16.6. The van der Waals surface area contributed by atoms with Gasteiger partial charge in [0.05, 0.1) is 11.6 Å². The molecule has 0 fully saturated rings. The van der Waals surface area contributed by atoms with E-state index in [1.165, 1.54) is 36.0 Å². The molecule has 0 aliphatic rings. The van der Waals surface area contributed by atoms with Crippen LogP contribution in [0, 0.1) is 0 Å². The Labute approximate surface area is 151 Å². The second-order valence-electron chi connectivity index (χ2n) is 6.09. The fraction of sp³-hybridized carbons (Fsp3) is 0.364. The van der Waals surface area contributed by atoms with E-state index in [0.717, 1.165) is 23.9 Å². The van der Waals surface area contributed by atoms with Crippen LogP contribution in [0.5, 0.6) is 0 Å². The lowest BCUT2D eigenvalue weighted by molar-refractivity contribution is -0.663. The van der Waals surface area contributed by atoms with Gasteiger partial charge >= 0.3 is 0 Å². The fourth-order valence-electron chi connectivity index (χ4n) is 3.18. The molecular formula is C22H29N2O+. The van der Waals surface area contributed by atoms with Gasteiger partial charge in [0.1, 0.15) is 7.11 Å². The Hall–Kier alpha value is -2.42. The molecule has 0 amide bonds. The van der Waals surface area contributed by atoms with Crippen molar-refractivity contribution >= 4 is 22.7 Å². The standard InChI is InChI=1S/C22H29N2O/c1-5-8-9-12-18(7-3)22-16-19(17-23-25-4)20-13-10-11-14-21(20)24(22)15-6-2/h6-7,10-11,13-14,16-17H,2,5,8-9,12,15H2,1,3-4H3/q+1. The van der Waals surface area contributed by atoms with E-state index in [1.54, 1.807) is 13.3 Å². The predicted octanol–water partition coefficient (Wildman–Crippen LogP) is 5.28. The number of unbranched alkanes of at least 4 members (excludes halogenated alkanes) is 2. The Morgan fingerprint density at radius 2 is 2.08 bits per heavy atom. The number of benzene rings is 1. The molecule has 3 nitrogen and oxygen atoms in total. The number of pyridine rings is 1. The smallest absolute Gasteiger partial charge is 0.213 e. The molecule has 3 heteroatoms. The van der Waals surface area contributed by atoms with Crippen LogP contribution in [-0.4, -0.2) is 13.3 Å². The zero-order chi connectivity index (χ0) is 18.1. The SMILES string of the molecule is C=CC[n+]1c(C(=CC)CCCCC)cc(C=NOC)c2ccccc21. The number of oxime groups is 1. The van der Waals surface area contributed by atoms with Gasteiger partial charge < -0.3 is 4.84 Å². The third-order valence-corrected chi connectivity index (χ3v) is 4.42. The summed E-state index contributed by atoms with van der Waals surface area (Å²) in [7, 11) is 1.57. The zero-order valence-corrected chi connectivity index (χ0v) is 15.7. The van der Waals surface area contributed by atoms with Crippen molar-refractivity contribution in [1.82, 2.24) is 0 Å². The van der Waals surface area contributed by atoms with E-state index in [2.05, 4.69) is 66.6 Å². The minimum Gasteiger partial charge on any atom is -0.399 e. The molecule has 0 unspecified atom stereocenters. The molecule has 25 heavy (non-hydrogen) atoms. The number of hydrogen-bond donors (Lipinski definition) is 0. The van der Waals surface area contributed by atoms with Crippen LogP contribution in [0.2, 0.25) is 0 Å². The normalized spacial score (nSPS) is 12.0. The Morgan fingerprint density at radius 3 is 2.76 bits per heavy atom. The topological polar surface area (TPSA) is 25.5 Å². The first-order chi connectivity index (χ1) is 12.3. The first-order valence-corrected chi connectivity index (χ1v) is 9.05.